The minimum absolute atomic E-state index is 0.301. The molecule has 0 saturated carbocycles. The number of benzene rings is 1. The third kappa shape index (κ3) is 5.10. The Bertz CT molecular complexity index is 855. The number of carbonyl (C=O) groups excluding carboxylic acids is 1. The van der Waals surface area contributed by atoms with Crippen molar-refractivity contribution in [1.29, 1.82) is 0 Å². The average Bonchev–Trinajstić information content (AvgIpc) is 2.81. The Hall–Kier alpha value is -2.63. The van der Waals surface area contributed by atoms with Gasteiger partial charge in [0.2, 0.25) is 5.91 Å². The highest BCUT2D eigenvalue weighted by molar-refractivity contribution is 5.76. The first-order valence-corrected chi connectivity index (χ1v) is 11.4. The maximum Gasteiger partial charge on any atom is 0.222 e. The van der Waals surface area contributed by atoms with Crippen LogP contribution in [0.25, 0.3) is 0 Å². The van der Waals surface area contributed by atoms with Crippen LogP contribution in [0.2, 0.25) is 0 Å². The lowest BCUT2D eigenvalue weighted by Crippen LogP contribution is -2.38. The SMILES string of the molecule is CCCNc1cc(N2CCCC(CCC(=O)N3CCc4ccccc4C3)C2)ncn1. The number of fused-ring (bicyclic) bond motifs is 1. The van der Waals surface area contributed by atoms with Crippen molar-refractivity contribution in [2.75, 3.05) is 36.4 Å². The van der Waals surface area contributed by atoms with Crippen molar-refractivity contribution in [3.05, 3.63) is 47.8 Å². The summed E-state index contributed by atoms with van der Waals surface area (Å²) in [5, 5.41) is 3.34. The van der Waals surface area contributed by atoms with Crippen LogP contribution < -0.4 is 10.2 Å². The van der Waals surface area contributed by atoms with Gasteiger partial charge < -0.3 is 15.1 Å². The van der Waals surface area contributed by atoms with Crippen LogP contribution in [0.5, 0.6) is 0 Å². The summed E-state index contributed by atoms with van der Waals surface area (Å²) in [6.45, 7) is 6.68. The monoisotopic (exact) mass is 407 g/mol. The number of anilines is 2. The second-order valence-electron chi connectivity index (χ2n) is 8.52. The number of aromatic nitrogens is 2. The Morgan fingerprint density at radius 3 is 2.93 bits per heavy atom. The molecule has 2 aromatic rings. The number of piperidine rings is 1. The van der Waals surface area contributed by atoms with Gasteiger partial charge in [0.15, 0.2) is 0 Å². The zero-order valence-electron chi connectivity index (χ0n) is 18.0. The summed E-state index contributed by atoms with van der Waals surface area (Å²) in [5.74, 6) is 2.73. The number of rotatable bonds is 7. The van der Waals surface area contributed by atoms with E-state index in [4.69, 9.17) is 0 Å². The molecule has 1 N–H and O–H groups in total. The third-order valence-electron chi connectivity index (χ3n) is 6.30. The molecule has 6 heteroatoms. The van der Waals surface area contributed by atoms with Gasteiger partial charge in [-0.05, 0) is 49.1 Å². The Morgan fingerprint density at radius 2 is 2.07 bits per heavy atom. The van der Waals surface area contributed by atoms with Crippen molar-refractivity contribution in [3.8, 4) is 0 Å². The molecule has 1 aromatic heterocycles. The normalized spacial score (nSPS) is 18.8. The van der Waals surface area contributed by atoms with Gasteiger partial charge in [0.1, 0.15) is 18.0 Å². The fraction of sp³-hybridized carbons (Fsp3) is 0.542. The lowest BCUT2D eigenvalue weighted by atomic mass is 9.92. The minimum Gasteiger partial charge on any atom is -0.370 e. The van der Waals surface area contributed by atoms with Crippen LogP contribution in [0.4, 0.5) is 11.6 Å². The summed E-state index contributed by atoms with van der Waals surface area (Å²) in [5.41, 5.74) is 2.69. The molecule has 1 aromatic carbocycles. The lowest BCUT2D eigenvalue weighted by Gasteiger charge is -2.34. The average molecular weight is 408 g/mol. The van der Waals surface area contributed by atoms with Crippen molar-refractivity contribution >= 4 is 17.5 Å². The van der Waals surface area contributed by atoms with Gasteiger partial charge in [0.25, 0.3) is 0 Å². The molecular weight excluding hydrogens is 374 g/mol. The van der Waals surface area contributed by atoms with Crippen molar-refractivity contribution in [3.63, 3.8) is 0 Å². The molecule has 1 fully saturated rings. The summed E-state index contributed by atoms with van der Waals surface area (Å²) in [7, 11) is 0. The van der Waals surface area contributed by atoms with E-state index in [1.165, 1.54) is 17.5 Å². The van der Waals surface area contributed by atoms with Gasteiger partial charge in [-0.25, -0.2) is 9.97 Å². The summed E-state index contributed by atoms with van der Waals surface area (Å²) >= 11 is 0. The van der Waals surface area contributed by atoms with E-state index >= 15 is 0 Å². The van der Waals surface area contributed by atoms with Gasteiger partial charge >= 0.3 is 0 Å². The van der Waals surface area contributed by atoms with Crippen LogP contribution in [-0.4, -0.2) is 47.0 Å². The Morgan fingerprint density at radius 1 is 1.20 bits per heavy atom. The number of hydrogen-bond acceptors (Lipinski definition) is 5. The summed E-state index contributed by atoms with van der Waals surface area (Å²) in [6.07, 6.45) is 7.64. The quantitative estimate of drug-likeness (QED) is 0.755. The van der Waals surface area contributed by atoms with Crippen LogP contribution in [0, 0.1) is 5.92 Å². The minimum atomic E-state index is 0.301. The van der Waals surface area contributed by atoms with Gasteiger partial charge in [-0.1, -0.05) is 31.2 Å². The molecule has 0 spiro atoms. The predicted octanol–water partition coefficient (Wildman–Crippen LogP) is 3.88. The maximum atomic E-state index is 12.8. The number of hydrogen-bond donors (Lipinski definition) is 1. The topological polar surface area (TPSA) is 61.4 Å². The molecule has 6 nitrogen and oxygen atoms in total. The van der Waals surface area contributed by atoms with E-state index in [1.807, 2.05) is 11.0 Å². The molecule has 0 radical (unpaired) electrons. The Balaban J connectivity index is 1.29. The molecule has 4 rings (SSSR count). The molecule has 30 heavy (non-hydrogen) atoms. The van der Waals surface area contributed by atoms with Crippen LogP contribution in [0.1, 0.15) is 50.2 Å². The largest absolute Gasteiger partial charge is 0.370 e. The number of nitrogens with one attached hydrogen (secondary N) is 1. The lowest BCUT2D eigenvalue weighted by molar-refractivity contribution is -0.132. The second-order valence-corrected chi connectivity index (χ2v) is 8.52. The van der Waals surface area contributed by atoms with Crippen molar-refractivity contribution in [2.45, 2.75) is 52.0 Å². The van der Waals surface area contributed by atoms with E-state index in [-0.39, 0.29) is 0 Å². The Labute approximate surface area is 179 Å². The van der Waals surface area contributed by atoms with Gasteiger partial charge in [-0.3, -0.25) is 4.79 Å². The molecule has 2 aliphatic heterocycles. The van der Waals surface area contributed by atoms with E-state index in [0.29, 0.717) is 18.2 Å². The van der Waals surface area contributed by atoms with Gasteiger partial charge in [0, 0.05) is 45.2 Å². The highest BCUT2D eigenvalue weighted by Gasteiger charge is 2.24. The first kappa shape index (κ1) is 20.6. The molecule has 160 valence electrons. The fourth-order valence-corrected chi connectivity index (χ4v) is 4.57. The van der Waals surface area contributed by atoms with Crippen molar-refractivity contribution in [2.24, 2.45) is 5.92 Å². The van der Waals surface area contributed by atoms with Gasteiger partial charge in [-0.15, -0.1) is 0 Å². The molecule has 1 saturated heterocycles. The zero-order chi connectivity index (χ0) is 20.8. The first-order chi connectivity index (χ1) is 14.7. The predicted molar refractivity (Wildman–Crippen MR) is 121 cm³/mol. The smallest absolute Gasteiger partial charge is 0.222 e. The summed E-state index contributed by atoms with van der Waals surface area (Å²) in [4.78, 5) is 26.0. The molecule has 1 atom stereocenters. The van der Waals surface area contributed by atoms with Gasteiger partial charge in [0.05, 0.1) is 0 Å². The number of amides is 1. The van der Waals surface area contributed by atoms with Crippen LogP contribution >= 0.6 is 0 Å². The maximum absolute atomic E-state index is 12.8. The van der Waals surface area contributed by atoms with E-state index in [2.05, 4.69) is 51.4 Å². The molecule has 1 unspecified atom stereocenters. The Kier molecular flexibility index (Phi) is 6.82. The molecule has 0 aliphatic carbocycles. The van der Waals surface area contributed by atoms with E-state index < -0.39 is 0 Å². The van der Waals surface area contributed by atoms with Crippen LogP contribution in [0.3, 0.4) is 0 Å². The molecule has 3 heterocycles. The summed E-state index contributed by atoms with van der Waals surface area (Å²) < 4.78 is 0. The van der Waals surface area contributed by atoms with E-state index in [0.717, 1.165) is 70.0 Å². The number of carbonyl (C=O) groups is 1. The highest BCUT2D eigenvalue weighted by atomic mass is 16.2. The molecule has 2 aliphatic rings. The number of nitrogens with zero attached hydrogens (tertiary/aromatic N) is 4. The van der Waals surface area contributed by atoms with E-state index in [9.17, 15) is 4.79 Å². The third-order valence-corrected chi connectivity index (χ3v) is 6.30. The van der Waals surface area contributed by atoms with Crippen LogP contribution in [-0.2, 0) is 17.8 Å². The van der Waals surface area contributed by atoms with E-state index in [1.54, 1.807) is 6.33 Å². The van der Waals surface area contributed by atoms with Crippen molar-refractivity contribution in [1.82, 2.24) is 14.9 Å². The zero-order valence-corrected chi connectivity index (χ0v) is 18.0. The molecular formula is C24H33N5O. The summed E-state index contributed by atoms with van der Waals surface area (Å²) in [6, 6.07) is 10.5. The second kappa shape index (κ2) is 9.92. The van der Waals surface area contributed by atoms with Crippen molar-refractivity contribution < 1.29 is 4.79 Å². The standard InChI is InChI=1S/C24H33N5O/c1-2-12-25-22-15-23(27-18-26-22)28-13-5-6-19(16-28)9-10-24(30)29-14-11-20-7-3-4-8-21(20)17-29/h3-4,7-8,15,18-19H,2,5-6,9-14,16-17H2,1H3,(H,25,26,27). The first-order valence-electron chi connectivity index (χ1n) is 11.4. The highest BCUT2D eigenvalue weighted by Crippen LogP contribution is 2.26. The molecule has 1 amide bonds. The van der Waals surface area contributed by atoms with Crippen LogP contribution in [0.15, 0.2) is 36.7 Å². The van der Waals surface area contributed by atoms with Gasteiger partial charge in [-0.2, -0.15) is 0 Å². The fourth-order valence-electron chi connectivity index (χ4n) is 4.57. The molecule has 0 bridgehead atoms.